The molecule has 7 nitrogen and oxygen atoms in total. The minimum Gasteiger partial charge on any atom is -0.326 e. The molecule has 1 aliphatic heterocycles. The highest BCUT2D eigenvalue weighted by molar-refractivity contribution is 5.72. The van der Waals surface area contributed by atoms with Crippen molar-refractivity contribution in [3.8, 4) is 0 Å². The van der Waals surface area contributed by atoms with Gasteiger partial charge in [0.2, 0.25) is 0 Å². The van der Waals surface area contributed by atoms with Gasteiger partial charge in [-0.15, -0.1) is 0 Å². The first-order valence-electron chi connectivity index (χ1n) is 11.3. The van der Waals surface area contributed by atoms with E-state index in [4.69, 9.17) is 4.98 Å². The van der Waals surface area contributed by atoms with Gasteiger partial charge in [0.15, 0.2) is 5.65 Å². The zero-order valence-corrected chi connectivity index (χ0v) is 18.5. The molecule has 2 aliphatic rings. The Labute approximate surface area is 193 Å². The van der Waals surface area contributed by atoms with Crippen molar-refractivity contribution in [3.05, 3.63) is 65.3 Å². The summed E-state index contributed by atoms with van der Waals surface area (Å²) in [4.78, 5) is 27.7. The van der Waals surface area contributed by atoms with Crippen LogP contribution in [0.25, 0.3) is 11.2 Å². The van der Waals surface area contributed by atoms with E-state index in [0.717, 1.165) is 79.6 Å². The number of nitrogens with zero attached hydrogens (tertiary/aromatic N) is 6. The maximum Gasteiger partial charge on any atom is 0.417 e. The van der Waals surface area contributed by atoms with Crippen LogP contribution < -0.4 is 4.90 Å². The largest absolute Gasteiger partial charge is 0.417 e. The van der Waals surface area contributed by atoms with Gasteiger partial charge < -0.3 is 9.88 Å². The number of imidazole rings is 1. The number of anilines is 2. The molecule has 0 spiro atoms. The van der Waals surface area contributed by atoms with Crippen LogP contribution in [0, 0.1) is 6.92 Å². The van der Waals surface area contributed by atoms with Gasteiger partial charge >= 0.3 is 6.18 Å². The molecule has 1 fully saturated rings. The number of aryl methyl sites for hydroxylation is 2. The van der Waals surface area contributed by atoms with Gasteiger partial charge in [-0.3, -0.25) is 4.98 Å². The standard InChI is InChI=1S/C24H22F3N7/c1-14-28-10-7-20(30-14)34-11-2-4-16-18(34)5-6-19(31-16)23(8-3-9-23)22-32-17-12-15(24(25,26)27)13-29-21(17)33-22/h5-7,10,12-13H,2-4,8-9,11H2,1H3,(H,29,32,33). The van der Waals surface area contributed by atoms with E-state index in [0.29, 0.717) is 11.5 Å². The van der Waals surface area contributed by atoms with Crippen LogP contribution >= 0.6 is 0 Å². The lowest BCUT2D eigenvalue weighted by Crippen LogP contribution is -2.38. The highest BCUT2D eigenvalue weighted by atomic mass is 19.4. The van der Waals surface area contributed by atoms with E-state index < -0.39 is 17.2 Å². The Morgan fingerprint density at radius 2 is 1.88 bits per heavy atom. The van der Waals surface area contributed by atoms with Gasteiger partial charge in [-0.25, -0.2) is 19.9 Å². The van der Waals surface area contributed by atoms with Crippen molar-refractivity contribution >= 4 is 22.7 Å². The van der Waals surface area contributed by atoms with E-state index in [9.17, 15) is 13.2 Å². The molecule has 0 radical (unpaired) electrons. The Bertz CT molecular complexity index is 1390. The minimum absolute atomic E-state index is 0.222. The van der Waals surface area contributed by atoms with Crippen LogP contribution in [-0.2, 0) is 18.0 Å². The molecule has 0 amide bonds. The van der Waals surface area contributed by atoms with Crippen LogP contribution in [0.2, 0.25) is 0 Å². The summed E-state index contributed by atoms with van der Waals surface area (Å²) in [5.41, 5.74) is 2.27. The molecule has 0 saturated heterocycles. The van der Waals surface area contributed by atoms with Crippen LogP contribution in [0.5, 0.6) is 0 Å². The first-order valence-corrected chi connectivity index (χ1v) is 11.3. The fourth-order valence-electron chi connectivity index (χ4n) is 4.97. The molecule has 0 aromatic carbocycles. The van der Waals surface area contributed by atoms with E-state index in [-0.39, 0.29) is 5.52 Å². The molecule has 5 heterocycles. The second-order valence-corrected chi connectivity index (χ2v) is 8.99. The fraction of sp³-hybridized carbons (Fsp3) is 0.375. The molecule has 1 saturated carbocycles. The lowest BCUT2D eigenvalue weighted by Gasteiger charge is -2.40. The minimum atomic E-state index is -4.46. The van der Waals surface area contributed by atoms with E-state index >= 15 is 0 Å². The second-order valence-electron chi connectivity index (χ2n) is 8.99. The third-order valence-electron chi connectivity index (χ3n) is 6.89. The molecule has 1 N–H and O–H groups in total. The van der Waals surface area contributed by atoms with Crippen LogP contribution in [0.15, 0.2) is 36.7 Å². The number of rotatable bonds is 3. The number of aromatic nitrogens is 6. The van der Waals surface area contributed by atoms with Gasteiger partial charge in [0.05, 0.1) is 28.1 Å². The van der Waals surface area contributed by atoms with Crippen molar-refractivity contribution in [2.45, 2.75) is 50.6 Å². The molecule has 4 aromatic heterocycles. The van der Waals surface area contributed by atoms with Crippen LogP contribution in [-0.4, -0.2) is 36.4 Å². The quantitative estimate of drug-likeness (QED) is 0.457. The van der Waals surface area contributed by atoms with E-state index in [1.165, 1.54) is 0 Å². The molecular formula is C24H22F3N7. The highest BCUT2D eigenvalue weighted by Gasteiger charge is 2.45. The highest BCUT2D eigenvalue weighted by Crippen LogP contribution is 2.48. The topological polar surface area (TPSA) is 83.5 Å². The molecule has 10 heteroatoms. The number of aromatic amines is 1. The number of halogens is 3. The summed E-state index contributed by atoms with van der Waals surface area (Å²) in [6, 6.07) is 7.06. The number of nitrogens with one attached hydrogen (secondary N) is 1. The molecule has 0 bridgehead atoms. The molecule has 174 valence electrons. The molecule has 0 atom stereocenters. The van der Waals surface area contributed by atoms with Gasteiger partial charge in [-0.2, -0.15) is 13.2 Å². The number of hydrogen-bond acceptors (Lipinski definition) is 6. The Hall–Kier alpha value is -3.56. The third kappa shape index (κ3) is 3.31. The number of pyridine rings is 2. The number of H-pyrrole nitrogens is 1. The van der Waals surface area contributed by atoms with Gasteiger partial charge in [0.1, 0.15) is 23.0 Å². The number of fused-ring (bicyclic) bond motifs is 2. The summed E-state index contributed by atoms with van der Waals surface area (Å²) in [6.45, 7) is 2.72. The molecule has 0 unspecified atom stereocenters. The summed E-state index contributed by atoms with van der Waals surface area (Å²) in [6.07, 6.45) is 2.63. The Kier molecular flexibility index (Phi) is 4.62. The van der Waals surface area contributed by atoms with E-state index in [1.54, 1.807) is 6.20 Å². The van der Waals surface area contributed by atoms with Gasteiger partial charge in [0, 0.05) is 18.9 Å². The maximum absolute atomic E-state index is 13.1. The van der Waals surface area contributed by atoms with Gasteiger partial charge in [-0.05, 0) is 56.9 Å². The van der Waals surface area contributed by atoms with Crippen LogP contribution in [0.3, 0.4) is 0 Å². The molecule has 6 rings (SSSR count). The maximum atomic E-state index is 13.1. The summed E-state index contributed by atoms with van der Waals surface area (Å²) >= 11 is 0. The van der Waals surface area contributed by atoms with Gasteiger partial charge in [-0.1, -0.05) is 6.42 Å². The summed E-state index contributed by atoms with van der Waals surface area (Å²) in [7, 11) is 0. The number of alkyl halides is 3. The molecular weight excluding hydrogens is 443 g/mol. The predicted octanol–water partition coefficient (Wildman–Crippen LogP) is 5.02. The van der Waals surface area contributed by atoms with Crippen LogP contribution in [0.4, 0.5) is 24.7 Å². The monoisotopic (exact) mass is 465 g/mol. The van der Waals surface area contributed by atoms with Crippen molar-refractivity contribution in [1.82, 2.24) is 29.9 Å². The lowest BCUT2D eigenvalue weighted by atomic mass is 9.65. The Balaban J connectivity index is 1.39. The first-order chi connectivity index (χ1) is 16.3. The normalized spacial score (nSPS) is 17.5. The molecule has 4 aromatic rings. The fourth-order valence-corrected chi connectivity index (χ4v) is 4.97. The summed E-state index contributed by atoms with van der Waals surface area (Å²) in [5.74, 6) is 2.20. The Morgan fingerprint density at radius 3 is 2.62 bits per heavy atom. The average molecular weight is 465 g/mol. The third-order valence-corrected chi connectivity index (χ3v) is 6.89. The molecule has 34 heavy (non-hydrogen) atoms. The lowest BCUT2D eigenvalue weighted by molar-refractivity contribution is -0.137. The van der Waals surface area contributed by atoms with Crippen LogP contribution in [0.1, 0.15) is 54.3 Å². The van der Waals surface area contributed by atoms with Crippen molar-refractivity contribution < 1.29 is 13.2 Å². The zero-order chi connectivity index (χ0) is 23.5. The summed E-state index contributed by atoms with van der Waals surface area (Å²) in [5, 5.41) is 0. The second kappa shape index (κ2) is 7.48. The SMILES string of the molecule is Cc1nccc(N2CCCc3nc(C4(c5nc6cc(C(F)(F)F)cnc6[nH]5)CCC4)ccc32)n1. The summed E-state index contributed by atoms with van der Waals surface area (Å²) < 4.78 is 39.4. The predicted molar refractivity (Wildman–Crippen MR) is 120 cm³/mol. The first kappa shape index (κ1) is 21.0. The van der Waals surface area contributed by atoms with E-state index in [2.05, 4.69) is 35.9 Å². The zero-order valence-electron chi connectivity index (χ0n) is 18.5. The molecule has 1 aliphatic carbocycles. The smallest absolute Gasteiger partial charge is 0.326 e. The number of hydrogen-bond donors (Lipinski definition) is 1. The van der Waals surface area contributed by atoms with Crippen molar-refractivity contribution in [3.63, 3.8) is 0 Å². The van der Waals surface area contributed by atoms with Crippen molar-refractivity contribution in [2.24, 2.45) is 0 Å². The Morgan fingerprint density at radius 1 is 1.03 bits per heavy atom. The van der Waals surface area contributed by atoms with Gasteiger partial charge in [0.25, 0.3) is 0 Å². The average Bonchev–Trinajstić information content (AvgIpc) is 3.20. The van der Waals surface area contributed by atoms with E-state index in [1.807, 2.05) is 19.1 Å². The van der Waals surface area contributed by atoms with Crippen molar-refractivity contribution in [1.29, 1.82) is 0 Å². The van der Waals surface area contributed by atoms with Crippen molar-refractivity contribution in [2.75, 3.05) is 11.4 Å².